The van der Waals surface area contributed by atoms with Gasteiger partial charge in [-0.25, -0.2) is 26.3 Å². The minimum absolute atomic E-state index is 0.202. The first-order valence-corrected chi connectivity index (χ1v) is 8.54. The molecule has 0 aromatic heterocycles. The van der Waals surface area contributed by atoms with Gasteiger partial charge in [-0.05, 0) is 6.42 Å². The maximum absolute atomic E-state index is 14.2. The lowest BCUT2D eigenvalue weighted by Gasteiger charge is -2.14. The van der Waals surface area contributed by atoms with Crippen LogP contribution in [0.4, 0.5) is 35.1 Å². The van der Waals surface area contributed by atoms with Crippen LogP contribution in [0.5, 0.6) is 5.75 Å². The Bertz CT molecular complexity index is 811. The van der Waals surface area contributed by atoms with Crippen LogP contribution in [0, 0.1) is 46.5 Å². The zero-order chi connectivity index (χ0) is 21.0. The molecule has 0 bridgehead atoms. The highest BCUT2D eigenvalue weighted by Crippen LogP contribution is 2.39. The topological polar surface area (TPSA) is 9.23 Å². The Balaban J connectivity index is 2.44. The Labute approximate surface area is 155 Å². The molecular weight excluding hydrogens is 396 g/mol. The van der Waals surface area contributed by atoms with E-state index in [1.54, 1.807) is 0 Å². The van der Waals surface area contributed by atoms with Crippen molar-refractivity contribution < 1.29 is 39.9 Å². The van der Waals surface area contributed by atoms with E-state index in [1.165, 1.54) is 0 Å². The van der Waals surface area contributed by atoms with Gasteiger partial charge >= 0.3 is 0 Å². The third-order valence-electron chi connectivity index (χ3n) is 4.08. The number of unbranched alkanes of at least 4 members (excludes halogenated alkanes) is 4. The molecule has 0 heterocycles. The molecule has 0 aliphatic heterocycles. The van der Waals surface area contributed by atoms with E-state index in [4.69, 9.17) is 4.74 Å². The fourth-order valence-corrected chi connectivity index (χ4v) is 2.63. The lowest BCUT2D eigenvalue weighted by Crippen LogP contribution is -2.09. The van der Waals surface area contributed by atoms with E-state index in [9.17, 15) is 35.1 Å². The average molecular weight is 412 g/mol. The van der Waals surface area contributed by atoms with E-state index in [0.29, 0.717) is 12.8 Å². The molecule has 0 saturated carbocycles. The van der Waals surface area contributed by atoms with E-state index >= 15 is 0 Å². The van der Waals surface area contributed by atoms with Crippen LogP contribution in [-0.4, -0.2) is 6.61 Å². The number of rotatable bonds is 8. The first-order valence-electron chi connectivity index (χ1n) is 8.54. The smallest absolute Gasteiger partial charge is 0.204 e. The number of hydrogen-bond acceptors (Lipinski definition) is 1. The zero-order valence-corrected chi connectivity index (χ0v) is 14.8. The average Bonchev–Trinajstić information content (AvgIpc) is 2.66. The number of halogens is 8. The predicted molar refractivity (Wildman–Crippen MR) is 85.8 cm³/mol. The standard InChI is InChI=1S/C19H16F8O/c1-2-3-4-5-6-7-28-19-17(26)15(24)12(16(25)18(19)27)11-13(22)9(20)8-10(21)14(11)23/h8H,2-7H2,1H3. The molecule has 9 heteroatoms. The van der Waals surface area contributed by atoms with Gasteiger partial charge in [-0.15, -0.1) is 0 Å². The minimum atomic E-state index is -2.23. The lowest BCUT2D eigenvalue weighted by molar-refractivity contribution is 0.264. The summed E-state index contributed by atoms with van der Waals surface area (Å²) in [5.74, 6) is -18.4. The van der Waals surface area contributed by atoms with E-state index in [1.807, 2.05) is 6.92 Å². The van der Waals surface area contributed by atoms with E-state index in [0.717, 1.165) is 19.3 Å². The normalized spacial score (nSPS) is 11.2. The molecule has 2 aromatic carbocycles. The fraction of sp³-hybridized carbons (Fsp3) is 0.368. The highest BCUT2D eigenvalue weighted by molar-refractivity contribution is 5.68. The van der Waals surface area contributed by atoms with Gasteiger partial charge in [-0.3, -0.25) is 0 Å². The Morgan fingerprint density at radius 2 is 1.07 bits per heavy atom. The lowest BCUT2D eigenvalue weighted by atomic mass is 10.0. The second kappa shape index (κ2) is 9.25. The molecule has 0 N–H and O–H groups in total. The van der Waals surface area contributed by atoms with Gasteiger partial charge < -0.3 is 4.74 Å². The molecule has 28 heavy (non-hydrogen) atoms. The first kappa shape index (κ1) is 22.0. The van der Waals surface area contributed by atoms with Crippen molar-refractivity contribution in [1.29, 1.82) is 0 Å². The van der Waals surface area contributed by atoms with Gasteiger partial charge in [-0.1, -0.05) is 32.6 Å². The molecule has 0 saturated heterocycles. The summed E-state index contributed by atoms with van der Waals surface area (Å²) in [4.78, 5) is 0. The maximum Gasteiger partial charge on any atom is 0.204 e. The van der Waals surface area contributed by atoms with E-state index < -0.39 is 63.4 Å². The first-order chi connectivity index (χ1) is 13.2. The van der Waals surface area contributed by atoms with Crippen LogP contribution in [0.3, 0.4) is 0 Å². The van der Waals surface area contributed by atoms with Gasteiger partial charge in [0.25, 0.3) is 0 Å². The summed E-state index contributed by atoms with van der Waals surface area (Å²) in [6, 6.07) is -0.202. The van der Waals surface area contributed by atoms with Crippen molar-refractivity contribution in [3.8, 4) is 16.9 Å². The molecule has 154 valence electrons. The second-order valence-corrected chi connectivity index (χ2v) is 6.07. The van der Waals surface area contributed by atoms with Crippen molar-refractivity contribution >= 4 is 0 Å². The molecule has 0 aliphatic rings. The third-order valence-corrected chi connectivity index (χ3v) is 4.08. The van der Waals surface area contributed by atoms with Gasteiger partial charge in [0.05, 0.1) is 17.7 Å². The summed E-state index contributed by atoms with van der Waals surface area (Å²) >= 11 is 0. The number of benzene rings is 2. The molecule has 2 aromatic rings. The van der Waals surface area contributed by atoms with Crippen LogP contribution in [0.2, 0.25) is 0 Å². The molecule has 0 radical (unpaired) electrons. The minimum Gasteiger partial charge on any atom is -0.487 e. The largest absolute Gasteiger partial charge is 0.487 e. The van der Waals surface area contributed by atoms with Crippen molar-refractivity contribution in [2.45, 2.75) is 39.0 Å². The Kier molecular flexibility index (Phi) is 7.26. The van der Waals surface area contributed by atoms with Gasteiger partial charge in [0, 0.05) is 6.07 Å². The number of ether oxygens (including phenoxy) is 1. The van der Waals surface area contributed by atoms with Crippen molar-refractivity contribution in [3.05, 3.63) is 52.6 Å². The summed E-state index contributed by atoms with van der Waals surface area (Å²) in [6.45, 7) is 1.72. The molecular formula is C19H16F8O. The molecule has 0 aliphatic carbocycles. The van der Waals surface area contributed by atoms with Crippen LogP contribution in [0.25, 0.3) is 11.1 Å². The molecule has 0 amide bonds. The summed E-state index contributed by atoms with van der Waals surface area (Å²) in [5, 5.41) is 0. The van der Waals surface area contributed by atoms with Crippen LogP contribution in [-0.2, 0) is 0 Å². The molecule has 2 rings (SSSR count). The summed E-state index contributed by atoms with van der Waals surface area (Å²) in [6.07, 6.45) is 3.72. The summed E-state index contributed by atoms with van der Waals surface area (Å²) in [5.41, 5.74) is -3.80. The van der Waals surface area contributed by atoms with Crippen LogP contribution in [0.15, 0.2) is 6.07 Å². The Morgan fingerprint density at radius 1 is 0.607 bits per heavy atom. The molecule has 0 spiro atoms. The zero-order valence-electron chi connectivity index (χ0n) is 14.8. The van der Waals surface area contributed by atoms with Crippen molar-refractivity contribution in [1.82, 2.24) is 0 Å². The monoisotopic (exact) mass is 412 g/mol. The Morgan fingerprint density at radius 3 is 1.57 bits per heavy atom. The third kappa shape index (κ3) is 4.23. The highest BCUT2D eigenvalue weighted by Gasteiger charge is 2.32. The molecule has 1 nitrogen and oxygen atoms in total. The van der Waals surface area contributed by atoms with Crippen LogP contribution >= 0.6 is 0 Å². The second-order valence-electron chi connectivity index (χ2n) is 6.07. The maximum atomic E-state index is 14.2. The van der Waals surface area contributed by atoms with Gasteiger partial charge in [0.15, 0.2) is 40.7 Å². The van der Waals surface area contributed by atoms with Crippen LogP contribution in [0.1, 0.15) is 39.0 Å². The van der Waals surface area contributed by atoms with E-state index in [-0.39, 0.29) is 12.7 Å². The van der Waals surface area contributed by atoms with Gasteiger partial charge in [0.2, 0.25) is 11.6 Å². The van der Waals surface area contributed by atoms with Crippen LogP contribution < -0.4 is 4.74 Å². The molecule has 0 atom stereocenters. The predicted octanol–water partition coefficient (Wildman–Crippen LogP) is 6.82. The fourth-order valence-electron chi connectivity index (χ4n) is 2.63. The van der Waals surface area contributed by atoms with Crippen molar-refractivity contribution in [2.24, 2.45) is 0 Å². The summed E-state index contributed by atoms with van der Waals surface area (Å²) in [7, 11) is 0. The van der Waals surface area contributed by atoms with Crippen molar-refractivity contribution in [3.63, 3.8) is 0 Å². The quantitative estimate of drug-likeness (QED) is 0.263. The molecule has 0 unspecified atom stereocenters. The van der Waals surface area contributed by atoms with Crippen molar-refractivity contribution in [2.75, 3.05) is 6.61 Å². The number of hydrogen-bond donors (Lipinski definition) is 0. The highest BCUT2D eigenvalue weighted by atomic mass is 19.2. The van der Waals surface area contributed by atoms with Gasteiger partial charge in [-0.2, -0.15) is 8.78 Å². The van der Waals surface area contributed by atoms with Gasteiger partial charge in [0.1, 0.15) is 0 Å². The Hall–Kier alpha value is -2.32. The summed E-state index contributed by atoms with van der Waals surface area (Å²) < 4.78 is 116. The molecule has 0 fully saturated rings. The van der Waals surface area contributed by atoms with E-state index in [2.05, 4.69) is 0 Å². The SMILES string of the molecule is CCCCCCCOc1c(F)c(F)c(-c2c(F)c(F)cc(F)c2F)c(F)c1F.